The maximum Gasteiger partial charge on any atom is 0.244 e. The predicted octanol–water partition coefficient (Wildman–Crippen LogP) is 1.56. The first-order valence-electron chi connectivity index (χ1n) is 7.86. The molecule has 1 heterocycles. The molecular formula is C17H24FN3O2. The molecule has 1 aliphatic rings. The maximum absolute atomic E-state index is 13.1. The summed E-state index contributed by atoms with van der Waals surface area (Å²) in [7, 11) is 3.69. The Balaban J connectivity index is 2.05. The number of piperidine rings is 1. The molecule has 5 nitrogen and oxygen atoms in total. The highest BCUT2D eigenvalue weighted by Crippen LogP contribution is 2.23. The quantitative estimate of drug-likeness (QED) is 0.915. The predicted molar refractivity (Wildman–Crippen MR) is 86.2 cm³/mol. The van der Waals surface area contributed by atoms with Crippen LogP contribution in [0.3, 0.4) is 0 Å². The minimum absolute atomic E-state index is 0.0166. The molecule has 2 rings (SSSR count). The zero-order valence-electron chi connectivity index (χ0n) is 13.9. The van der Waals surface area contributed by atoms with Gasteiger partial charge in [-0.1, -0.05) is 12.1 Å². The Bertz CT molecular complexity index is 551. The van der Waals surface area contributed by atoms with E-state index < -0.39 is 6.04 Å². The Morgan fingerprint density at radius 2 is 1.78 bits per heavy atom. The molecule has 1 aromatic carbocycles. The number of benzene rings is 1. The standard InChI is InChI=1S/C17H24FN3O2/c1-12(22)19-15-8-10-21(11-9-15)17(23)16(20(2)3)13-4-6-14(18)7-5-13/h4-7,15-16H,8-11H2,1-3H3,(H,19,22). The minimum Gasteiger partial charge on any atom is -0.353 e. The van der Waals surface area contributed by atoms with Crippen molar-refractivity contribution >= 4 is 11.8 Å². The highest BCUT2D eigenvalue weighted by molar-refractivity contribution is 5.83. The van der Waals surface area contributed by atoms with Gasteiger partial charge in [0.1, 0.15) is 11.9 Å². The van der Waals surface area contributed by atoms with E-state index in [1.165, 1.54) is 19.1 Å². The molecule has 23 heavy (non-hydrogen) atoms. The van der Waals surface area contributed by atoms with E-state index in [1.807, 2.05) is 23.9 Å². The van der Waals surface area contributed by atoms with E-state index in [0.717, 1.165) is 18.4 Å². The van der Waals surface area contributed by atoms with Crippen LogP contribution in [0.25, 0.3) is 0 Å². The van der Waals surface area contributed by atoms with E-state index >= 15 is 0 Å². The summed E-state index contributed by atoms with van der Waals surface area (Å²) in [6.07, 6.45) is 1.52. The van der Waals surface area contributed by atoms with Crippen molar-refractivity contribution in [2.75, 3.05) is 27.2 Å². The highest BCUT2D eigenvalue weighted by Gasteiger charge is 2.30. The van der Waals surface area contributed by atoms with E-state index in [0.29, 0.717) is 13.1 Å². The summed E-state index contributed by atoms with van der Waals surface area (Å²) < 4.78 is 13.1. The average molecular weight is 321 g/mol. The van der Waals surface area contributed by atoms with E-state index in [9.17, 15) is 14.0 Å². The lowest BCUT2D eigenvalue weighted by molar-refractivity contribution is -0.137. The Labute approximate surface area is 136 Å². The van der Waals surface area contributed by atoms with E-state index in [1.54, 1.807) is 12.1 Å². The molecule has 1 saturated heterocycles. The minimum atomic E-state index is -0.423. The highest BCUT2D eigenvalue weighted by atomic mass is 19.1. The molecule has 1 unspecified atom stereocenters. The van der Waals surface area contributed by atoms with Crippen molar-refractivity contribution < 1.29 is 14.0 Å². The van der Waals surface area contributed by atoms with Crippen LogP contribution in [-0.2, 0) is 9.59 Å². The van der Waals surface area contributed by atoms with Gasteiger partial charge in [-0.3, -0.25) is 14.5 Å². The van der Waals surface area contributed by atoms with Crippen LogP contribution >= 0.6 is 0 Å². The smallest absolute Gasteiger partial charge is 0.244 e. The molecule has 126 valence electrons. The lowest BCUT2D eigenvalue weighted by Crippen LogP contribution is -2.49. The van der Waals surface area contributed by atoms with Crippen molar-refractivity contribution in [3.05, 3.63) is 35.6 Å². The molecule has 1 atom stereocenters. The first kappa shape index (κ1) is 17.4. The van der Waals surface area contributed by atoms with Gasteiger partial charge in [0.15, 0.2) is 0 Å². The summed E-state index contributed by atoms with van der Waals surface area (Å²) in [4.78, 5) is 27.6. The van der Waals surface area contributed by atoms with Crippen LogP contribution in [0.2, 0.25) is 0 Å². The second-order valence-corrected chi connectivity index (χ2v) is 6.22. The van der Waals surface area contributed by atoms with Crippen LogP contribution in [0, 0.1) is 5.82 Å². The summed E-state index contributed by atoms with van der Waals surface area (Å²) in [6.45, 7) is 2.75. The van der Waals surface area contributed by atoms with Gasteiger partial charge in [-0.15, -0.1) is 0 Å². The number of nitrogens with one attached hydrogen (secondary N) is 1. The largest absolute Gasteiger partial charge is 0.353 e. The number of rotatable bonds is 4. The first-order valence-corrected chi connectivity index (χ1v) is 7.86. The van der Waals surface area contributed by atoms with Crippen LogP contribution < -0.4 is 5.32 Å². The number of hydrogen-bond acceptors (Lipinski definition) is 3. The van der Waals surface area contributed by atoms with Crippen molar-refractivity contribution in [1.29, 1.82) is 0 Å². The Hall–Kier alpha value is -1.95. The zero-order valence-corrected chi connectivity index (χ0v) is 13.9. The van der Waals surface area contributed by atoms with Crippen molar-refractivity contribution in [3.8, 4) is 0 Å². The number of carbonyl (C=O) groups is 2. The molecule has 0 saturated carbocycles. The third-order valence-corrected chi connectivity index (χ3v) is 4.15. The summed E-state index contributed by atoms with van der Waals surface area (Å²) in [6, 6.07) is 5.78. The fourth-order valence-electron chi connectivity index (χ4n) is 3.01. The molecule has 1 aliphatic heterocycles. The van der Waals surface area contributed by atoms with Crippen LogP contribution in [-0.4, -0.2) is 54.8 Å². The average Bonchev–Trinajstić information content (AvgIpc) is 2.49. The molecule has 1 fully saturated rings. The molecular weight excluding hydrogens is 297 g/mol. The van der Waals surface area contributed by atoms with Gasteiger partial charge in [0.05, 0.1) is 0 Å². The van der Waals surface area contributed by atoms with Gasteiger partial charge in [-0.05, 0) is 44.6 Å². The molecule has 2 amide bonds. The van der Waals surface area contributed by atoms with Crippen molar-refractivity contribution in [2.24, 2.45) is 0 Å². The number of likely N-dealkylation sites (tertiary alicyclic amines) is 1. The fraction of sp³-hybridized carbons (Fsp3) is 0.529. The number of carbonyl (C=O) groups excluding carboxylic acids is 2. The van der Waals surface area contributed by atoms with Gasteiger partial charge in [-0.25, -0.2) is 4.39 Å². The second kappa shape index (κ2) is 7.55. The molecule has 0 bridgehead atoms. The van der Waals surface area contributed by atoms with E-state index in [4.69, 9.17) is 0 Å². The van der Waals surface area contributed by atoms with E-state index in [2.05, 4.69) is 5.32 Å². The molecule has 0 aliphatic carbocycles. The molecule has 0 radical (unpaired) electrons. The Morgan fingerprint density at radius 1 is 1.22 bits per heavy atom. The second-order valence-electron chi connectivity index (χ2n) is 6.22. The summed E-state index contributed by atoms with van der Waals surface area (Å²) in [5, 5.41) is 2.90. The van der Waals surface area contributed by atoms with Crippen LogP contribution in [0.1, 0.15) is 31.4 Å². The number of hydrogen-bond donors (Lipinski definition) is 1. The van der Waals surface area contributed by atoms with Crippen molar-refractivity contribution in [3.63, 3.8) is 0 Å². The van der Waals surface area contributed by atoms with Crippen molar-refractivity contribution in [1.82, 2.24) is 15.1 Å². The molecule has 1 N–H and O–H groups in total. The van der Waals surface area contributed by atoms with Gasteiger partial charge in [0.2, 0.25) is 11.8 Å². The normalized spacial score (nSPS) is 17.2. The first-order chi connectivity index (χ1) is 10.9. The zero-order chi connectivity index (χ0) is 17.0. The molecule has 0 aromatic heterocycles. The van der Waals surface area contributed by atoms with Gasteiger partial charge < -0.3 is 10.2 Å². The Morgan fingerprint density at radius 3 is 2.26 bits per heavy atom. The fourth-order valence-corrected chi connectivity index (χ4v) is 3.01. The SMILES string of the molecule is CC(=O)NC1CCN(C(=O)C(c2ccc(F)cc2)N(C)C)CC1. The van der Waals surface area contributed by atoms with Crippen LogP contribution in [0.5, 0.6) is 0 Å². The topological polar surface area (TPSA) is 52.7 Å². The van der Waals surface area contributed by atoms with Gasteiger partial charge in [0, 0.05) is 26.1 Å². The molecule has 0 spiro atoms. The van der Waals surface area contributed by atoms with Crippen molar-refractivity contribution in [2.45, 2.75) is 31.8 Å². The lowest BCUT2D eigenvalue weighted by atomic mass is 10.0. The third kappa shape index (κ3) is 4.51. The Kier molecular flexibility index (Phi) is 5.71. The van der Waals surface area contributed by atoms with Gasteiger partial charge in [0.25, 0.3) is 0 Å². The number of likely N-dealkylation sites (N-methyl/N-ethyl adjacent to an activating group) is 1. The van der Waals surface area contributed by atoms with E-state index in [-0.39, 0.29) is 23.7 Å². The van der Waals surface area contributed by atoms with Gasteiger partial charge in [-0.2, -0.15) is 0 Å². The summed E-state index contributed by atoms with van der Waals surface area (Å²) >= 11 is 0. The molecule has 6 heteroatoms. The maximum atomic E-state index is 13.1. The summed E-state index contributed by atoms with van der Waals surface area (Å²) in [5.41, 5.74) is 0.783. The van der Waals surface area contributed by atoms with Crippen LogP contribution in [0.4, 0.5) is 4.39 Å². The monoisotopic (exact) mass is 321 g/mol. The third-order valence-electron chi connectivity index (χ3n) is 4.15. The molecule has 1 aromatic rings. The summed E-state index contributed by atoms with van der Waals surface area (Å²) in [5.74, 6) is -0.329. The number of amides is 2. The van der Waals surface area contributed by atoms with Crippen LogP contribution in [0.15, 0.2) is 24.3 Å². The van der Waals surface area contributed by atoms with Gasteiger partial charge >= 0.3 is 0 Å². The number of halogens is 1. The number of nitrogens with zero attached hydrogens (tertiary/aromatic N) is 2. The lowest BCUT2D eigenvalue weighted by Gasteiger charge is -2.36.